The molecule has 1 aliphatic heterocycles. The van der Waals surface area contributed by atoms with Crippen molar-refractivity contribution < 1.29 is 29.0 Å². The van der Waals surface area contributed by atoms with Gasteiger partial charge in [0.15, 0.2) is 0 Å². The molecule has 112 valence electrons. The van der Waals surface area contributed by atoms with E-state index in [0.29, 0.717) is 0 Å². The van der Waals surface area contributed by atoms with Gasteiger partial charge in [-0.2, -0.15) is 0 Å². The second-order valence-electron chi connectivity index (χ2n) is 4.69. The van der Waals surface area contributed by atoms with Crippen molar-refractivity contribution in [3.8, 4) is 0 Å². The highest BCUT2D eigenvalue weighted by atomic mass is 16.5. The summed E-state index contributed by atoms with van der Waals surface area (Å²) in [6.07, 6.45) is -0.0762. The summed E-state index contributed by atoms with van der Waals surface area (Å²) in [7, 11) is 2.79. The Bertz CT molecular complexity index is 422. The van der Waals surface area contributed by atoms with Crippen molar-refractivity contribution in [3.63, 3.8) is 0 Å². The number of hydrogen-bond donors (Lipinski definition) is 2. The van der Waals surface area contributed by atoms with Crippen LogP contribution in [-0.2, 0) is 23.9 Å². The average molecular weight is 286 g/mol. The van der Waals surface area contributed by atoms with Crippen LogP contribution in [0.4, 0.5) is 0 Å². The molecule has 8 heteroatoms. The summed E-state index contributed by atoms with van der Waals surface area (Å²) in [4.78, 5) is 46.7. The van der Waals surface area contributed by atoms with Gasteiger partial charge in [-0.25, -0.2) is 4.79 Å². The standard InChI is InChI=1S/C12H18N2O6/c1-14-6-7(5-9(14)15)11(17)13-8(12(18)19)3-4-10(16)20-2/h7-8H,3-6H2,1-2H3,(H,13,17)(H,18,19). The number of carbonyl (C=O) groups excluding carboxylic acids is 3. The number of ether oxygens (including phenoxy) is 1. The van der Waals surface area contributed by atoms with Crippen molar-refractivity contribution in [2.24, 2.45) is 5.92 Å². The van der Waals surface area contributed by atoms with E-state index in [1.54, 1.807) is 7.05 Å². The smallest absolute Gasteiger partial charge is 0.326 e. The van der Waals surface area contributed by atoms with Crippen molar-refractivity contribution in [1.29, 1.82) is 0 Å². The Kier molecular flexibility index (Phi) is 5.48. The molecule has 0 radical (unpaired) electrons. The number of likely N-dealkylation sites (tertiary alicyclic amines) is 1. The lowest BCUT2D eigenvalue weighted by molar-refractivity contribution is -0.144. The largest absolute Gasteiger partial charge is 0.480 e. The lowest BCUT2D eigenvalue weighted by Gasteiger charge is -2.16. The Morgan fingerprint density at radius 3 is 2.60 bits per heavy atom. The summed E-state index contributed by atoms with van der Waals surface area (Å²) < 4.78 is 4.42. The fraction of sp³-hybridized carbons (Fsp3) is 0.667. The molecule has 2 amide bonds. The van der Waals surface area contributed by atoms with E-state index in [-0.39, 0.29) is 31.7 Å². The molecule has 0 aromatic rings. The van der Waals surface area contributed by atoms with E-state index in [9.17, 15) is 19.2 Å². The summed E-state index contributed by atoms with van der Waals surface area (Å²) in [5.74, 6) is -2.94. The first-order valence-corrected chi connectivity index (χ1v) is 6.19. The quantitative estimate of drug-likeness (QED) is 0.605. The first-order valence-electron chi connectivity index (χ1n) is 6.19. The molecule has 2 unspecified atom stereocenters. The molecule has 0 bridgehead atoms. The number of nitrogens with one attached hydrogen (secondary N) is 1. The molecular weight excluding hydrogens is 268 g/mol. The number of aliphatic carboxylic acids is 1. The van der Waals surface area contributed by atoms with E-state index in [1.807, 2.05) is 0 Å². The van der Waals surface area contributed by atoms with E-state index >= 15 is 0 Å². The summed E-state index contributed by atoms with van der Waals surface area (Å²) >= 11 is 0. The average Bonchev–Trinajstić information content (AvgIpc) is 2.73. The molecule has 0 aromatic carbocycles. The van der Waals surface area contributed by atoms with Gasteiger partial charge < -0.3 is 20.1 Å². The third-order valence-corrected chi connectivity index (χ3v) is 3.19. The van der Waals surface area contributed by atoms with Crippen LogP contribution < -0.4 is 5.32 Å². The first kappa shape index (κ1) is 15.9. The third-order valence-electron chi connectivity index (χ3n) is 3.19. The van der Waals surface area contributed by atoms with E-state index in [2.05, 4.69) is 10.1 Å². The van der Waals surface area contributed by atoms with Gasteiger partial charge >= 0.3 is 11.9 Å². The van der Waals surface area contributed by atoms with Crippen LogP contribution in [0.3, 0.4) is 0 Å². The first-order chi connectivity index (χ1) is 9.35. The number of rotatable bonds is 6. The molecule has 1 saturated heterocycles. The van der Waals surface area contributed by atoms with Gasteiger partial charge in [-0.1, -0.05) is 0 Å². The number of amides is 2. The van der Waals surface area contributed by atoms with Gasteiger partial charge in [-0.15, -0.1) is 0 Å². The molecule has 0 aromatic heterocycles. The van der Waals surface area contributed by atoms with Crippen LogP contribution in [0.25, 0.3) is 0 Å². The minimum Gasteiger partial charge on any atom is -0.480 e. The number of methoxy groups -OCH3 is 1. The SMILES string of the molecule is COC(=O)CCC(NC(=O)C1CC(=O)N(C)C1)C(=O)O. The lowest BCUT2D eigenvalue weighted by Crippen LogP contribution is -2.44. The topological polar surface area (TPSA) is 113 Å². The Balaban J connectivity index is 2.53. The highest BCUT2D eigenvalue weighted by Crippen LogP contribution is 2.16. The summed E-state index contributed by atoms with van der Waals surface area (Å²) in [5, 5.41) is 11.4. The molecule has 1 fully saturated rings. The molecule has 8 nitrogen and oxygen atoms in total. The fourth-order valence-corrected chi connectivity index (χ4v) is 1.95. The summed E-state index contributed by atoms with van der Waals surface area (Å²) in [6, 6.07) is -1.16. The Morgan fingerprint density at radius 1 is 1.50 bits per heavy atom. The van der Waals surface area contributed by atoms with Gasteiger partial charge in [0.1, 0.15) is 6.04 Å². The maximum atomic E-state index is 11.9. The highest BCUT2D eigenvalue weighted by Gasteiger charge is 2.34. The predicted molar refractivity (Wildman–Crippen MR) is 66.6 cm³/mol. The monoisotopic (exact) mass is 286 g/mol. The maximum absolute atomic E-state index is 11.9. The second kappa shape index (κ2) is 6.88. The summed E-state index contributed by atoms with van der Waals surface area (Å²) in [5.41, 5.74) is 0. The number of nitrogens with zero attached hydrogens (tertiary/aromatic N) is 1. The zero-order valence-electron chi connectivity index (χ0n) is 11.4. The number of carboxylic acid groups (broad SMARTS) is 1. The number of hydrogen-bond acceptors (Lipinski definition) is 5. The van der Waals surface area contributed by atoms with Gasteiger partial charge in [-0.3, -0.25) is 14.4 Å². The molecule has 1 aliphatic rings. The maximum Gasteiger partial charge on any atom is 0.326 e. The van der Waals surface area contributed by atoms with Crippen LogP contribution in [0.15, 0.2) is 0 Å². The van der Waals surface area contributed by atoms with Crippen LogP contribution in [-0.4, -0.2) is 60.5 Å². The molecule has 0 saturated carbocycles. The van der Waals surface area contributed by atoms with Crippen LogP contribution in [0, 0.1) is 5.92 Å². The fourth-order valence-electron chi connectivity index (χ4n) is 1.95. The minimum atomic E-state index is -1.22. The molecule has 2 atom stereocenters. The molecule has 1 heterocycles. The van der Waals surface area contributed by atoms with Gasteiger partial charge in [-0.05, 0) is 6.42 Å². The van der Waals surface area contributed by atoms with Crippen molar-refractivity contribution in [2.75, 3.05) is 20.7 Å². The Hall–Kier alpha value is -2.12. The Morgan fingerprint density at radius 2 is 2.15 bits per heavy atom. The summed E-state index contributed by atoms with van der Waals surface area (Å²) in [6.45, 7) is 0.272. The lowest BCUT2D eigenvalue weighted by atomic mass is 10.1. The Labute approximate surface area is 116 Å². The molecular formula is C12H18N2O6. The predicted octanol–water partition coefficient (Wildman–Crippen LogP) is -1.01. The number of carboxylic acids is 1. The zero-order chi connectivity index (χ0) is 15.3. The van der Waals surface area contributed by atoms with E-state index in [4.69, 9.17) is 5.11 Å². The van der Waals surface area contributed by atoms with E-state index < -0.39 is 29.8 Å². The van der Waals surface area contributed by atoms with Gasteiger partial charge in [0, 0.05) is 26.4 Å². The van der Waals surface area contributed by atoms with Crippen LogP contribution in [0.1, 0.15) is 19.3 Å². The molecule has 20 heavy (non-hydrogen) atoms. The van der Waals surface area contributed by atoms with Crippen molar-refractivity contribution in [1.82, 2.24) is 10.2 Å². The van der Waals surface area contributed by atoms with E-state index in [0.717, 1.165) is 0 Å². The minimum absolute atomic E-state index is 0.0513. The number of esters is 1. The van der Waals surface area contributed by atoms with Crippen LogP contribution in [0.5, 0.6) is 0 Å². The number of carbonyl (C=O) groups is 4. The molecule has 2 N–H and O–H groups in total. The molecule has 0 spiro atoms. The normalized spacial score (nSPS) is 19.6. The van der Waals surface area contributed by atoms with Gasteiger partial charge in [0.2, 0.25) is 11.8 Å². The van der Waals surface area contributed by atoms with Crippen molar-refractivity contribution in [3.05, 3.63) is 0 Å². The highest BCUT2D eigenvalue weighted by molar-refractivity contribution is 5.91. The van der Waals surface area contributed by atoms with Crippen LogP contribution in [0.2, 0.25) is 0 Å². The van der Waals surface area contributed by atoms with Gasteiger partial charge in [0.05, 0.1) is 13.0 Å². The third kappa shape index (κ3) is 4.22. The molecule has 0 aliphatic carbocycles. The zero-order valence-corrected chi connectivity index (χ0v) is 11.4. The second-order valence-corrected chi connectivity index (χ2v) is 4.69. The van der Waals surface area contributed by atoms with Gasteiger partial charge in [0.25, 0.3) is 0 Å². The van der Waals surface area contributed by atoms with E-state index in [1.165, 1.54) is 12.0 Å². The molecule has 1 rings (SSSR count). The van der Waals surface area contributed by atoms with Crippen LogP contribution >= 0.6 is 0 Å². The van der Waals surface area contributed by atoms with Crippen molar-refractivity contribution >= 4 is 23.8 Å². The van der Waals surface area contributed by atoms with Crippen molar-refractivity contribution in [2.45, 2.75) is 25.3 Å².